The first-order chi connectivity index (χ1) is 5.43. The van der Waals surface area contributed by atoms with Gasteiger partial charge in [0.05, 0.1) is 0 Å². The topological polar surface area (TPSA) is 15.3 Å². The molecule has 0 spiro atoms. The van der Waals surface area contributed by atoms with E-state index in [-0.39, 0.29) is 0 Å². The molecular weight excluding hydrogens is 148 g/mol. The van der Waals surface area contributed by atoms with Crippen LogP contribution in [0.2, 0.25) is 0 Å². The molecule has 0 aromatic rings. The second-order valence-electron chi connectivity index (χ2n) is 5.19. The highest BCUT2D eigenvalue weighted by molar-refractivity contribution is 4.92. The lowest BCUT2D eigenvalue weighted by molar-refractivity contribution is 0.0654. The van der Waals surface area contributed by atoms with E-state index < -0.39 is 0 Å². The predicted octanol–water partition coefficient (Wildman–Crippen LogP) is 1.18. The van der Waals surface area contributed by atoms with Gasteiger partial charge in [0.2, 0.25) is 0 Å². The van der Waals surface area contributed by atoms with Crippen LogP contribution < -0.4 is 5.32 Å². The third-order valence-electron chi connectivity index (χ3n) is 2.70. The Labute approximate surface area is 76.3 Å². The van der Waals surface area contributed by atoms with Crippen molar-refractivity contribution in [3.05, 3.63) is 0 Å². The van der Waals surface area contributed by atoms with Crippen molar-refractivity contribution >= 4 is 0 Å². The molecule has 1 atom stereocenters. The van der Waals surface area contributed by atoms with Gasteiger partial charge in [-0.25, -0.2) is 0 Å². The smallest absolute Gasteiger partial charge is 0.0190 e. The van der Waals surface area contributed by atoms with Gasteiger partial charge in [0.25, 0.3) is 0 Å². The number of hydrogen-bond donors (Lipinski definition) is 1. The fraction of sp³-hybridized carbons (Fsp3) is 1.00. The average molecular weight is 170 g/mol. The third kappa shape index (κ3) is 1.99. The summed E-state index contributed by atoms with van der Waals surface area (Å²) in [6.45, 7) is 9.38. The van der Waals surface area contributed by atoms with Crippen molar-refractivity contribution in [1.82, 2.24) is 10.2 Å². The van der Waals surface area contributed by atoms with E-state index >= 15 is 0 Å². The molecule has 1 N–H and O–H groups in total. The quantitative estimate of drug-likeness (QED) is 0.669. The standard InChI is InChI=1S/C10H22N2/c1-10(2,3)9(12(4)5)8-6-11-7-8/h8-9,11H,6-7H2,1-5H3. The van der Waals surface area contributed by atoms with E-state index in [1.54, 1.807) is 0 Å². The largest absolute Gasteiger partial charge is 0.316 e. The second-order valence-corrected chi connectivity index (χ2v) is 5.19. The molecule has 1 saturated heterocycles. The first-order valence-corrected chi connectivity index (χ1v) is 4.80. The maximum Gasteiger partial charge on any atom is 0.0190 e. The van der Waals surface area contributed by atoms with Crippen LogP contribution in [0.5, 0.6) is 0 Å². The van der Waals surface area contributed by atoms with Crippen molar-refractivity contribution in [1.29, 1.82) is 0 Å². The number of hydrogen-bond acceptors (Lipinski definition) is 2. The molecule has 12 heavy (non-hydrogen) atoms. The molecule has 1 aliphatic rings. The van der Waals surface area contributed by atoms with E-state index in [1.165, 1.54) is 13.1 Å². The van der Waals surface area contributed by atoms with E-state index in [0.717, 1.165) is 5.92 Å². The van der Waals surface area contributed by atoms with Crippen LogP contribution in [0.4, 0.5) is 0 Å². The third-order valence-corrected chi connectivity index (χ3v) is 2.70. The van der Waals surface area contributed by atoms with Crippen molar-refractivity contribution in [2.75, 3.05) is 27.2 Å². The number of nitrogens with one attached hydrogen (secondary N) is 1. The number of rotatable bonds is 2. The lowest BCUT2D eigenvalue weighted by Gasteiger charge is -2.45. The summed E-state index contributed by atoms with van der Waals surface area (Å²) in [5.41, 5.74) is 0.399. The van der Waals surface area contributed by atoms with E-state index in [4.69, 9.17) is 0 Å². The zero-order valence-corrected chi connectivity index (χ0v) is 9.02. The Hall–Kier alpha value is -0.0800. The summed E-state index contributed by atoms with van der Waals surface area (Å²) in [5.74, 6) is 0.847. The Balaban J connectivity index is 2.60. The molecule has 72 valence electrons. The SMILES string of the molecule is CN(C)C(C1CNC1)C(C)(C)C. The van der Waals surface area contributed by atoms with E-state index in [1.807, 2.05) is 0 Å². The summed E-state index contributed by atoms with van der Waals surface area (Å²) in [5, 5.41) is 3.34. The summed E-state index contributed by atoms with van der Waals surface area (Å²) in [6.07, 6.45) is 0. The zero-order valence-electron chi connectivity index (χ0n) is 9.02. The van der Waals surface area contributed by atoms with Crippen molar-refractivity contribution in [2.24, 2.45) is 11.3 Å². The van der Waals surface area contributed by atoms with Crippen LogP contribution in [0, 0.1) is 11.3 Å². The minimum atomic E-state index is 0.399. The normalized spacial score (nSPS) is 22.5. The second kappa shape index (κ2) is 3.35. The maximum absolute atomic E-state index is 3.34. The van der Waals surface area contributed by atoms with Gasteiger partial charge < -0.3 is 10.2 Å². The molecule has 1 fully saturated rings. The summed E-state index contributed by atoms with van der Waals surface area (Å²) >= 11 is 0. The number of nitrogens with zero attached hydrogens (tertiary/aromatic N) is 1. The molecule has 1 aliphatic heterocycles. The predicted molar refractivity (Wildman–Crippen MR) is 53.3 cm³/mol. The Morgan fingerprint density at radius 2 is 1.75 bits per heavy atom. The minimum absolute atomic E-state index is 0.399. The van der Waals surface area contributed by atoms with Crippen LogP contribution in [0.3, 0.4) is 0 Å². The van der Waals surface area contributed by atoms with Gasteiger partial charge in [0.1, 0.15) is 0 Å². The monoisotopic (exact) mass is 170 g/mol. The van der Waals surface area contributed by atoms with Crippen LogP contribution in [-0.4, -0.2) is 38.1 Å². The van der Waals surface area contributed by atoms with Gasteiger partial charge in [0, 0.05) is 19.1 Å². The Kier molecular flexibility index (Phi) is 2.79. The van der Waals surface area contributed by atoms with Gasteiger partial charge >= 0.3 is 0 Å². The van der Waals surface area contributed by atoms with Crippen LogP contribution in [0.15, 0.2) is 0 Å². The summed E-state index contributed by atoms with van der Waals surface area (Å²) in [6, 6.07) is 0.707. The van der Waals surface area contributed by atoms with Crippen molar-refractivity contribution < 1.29 is 0 Å². The molecule has 0 saturated carbocycles. The molecule has 0 amide bonds. The van der Waals surface area contributed by atoms with Crippen LogP contribution >= 0.6 is 0 Å². The fourth-order valence-electron chi connectivity index (χ4n) is 2.44. The molecule has 0 radical (unpaired) electrons. The lowest BCUT2D eigenvalue weighted by atomic mass is 9.76. The first kappa shape index (κ1) is 10.0. The van der Waals surface area contributed by atoms with Gasteiger partial charge in [0.15, 0.2) is 0 Å². The average Bonchev–Trinajstić information content (AvgIpc) is 1.73. The summed E-state index contributed by atoms with van der Waals surface area (Å²) in [7, 11) is 4.38. The van der Waals surface area contributed by atoms with Gasteiger partial charge in [-0.15, -0.1) is 0 Å². The van der Waals surface area contributed by atoms with Crippen molar-refractivity contribution in [3.8, 4) is 0 Å². The molecule has 1 heterocycles. The van der Waals surface area contributed by atoms with Gasteiger partial charge in [-0.05, 0) is 25.4 Å². The minimum Gasteiger partial charge on any atom is -0.316 e. The van der Waals surface area contributed by atoms with Crippen LogP contribution in [-0.2, 0) is 0 Å². The summed E-state index contributed by atoms with van der Waals surface area (Å²) < 4.78 is 0. The molecule has 0 bridgehead atoms. The highest BCUT2D eigenvalue weighted by Gasteiger charge is 2.36. The van der Waals surface area contributed by atoms with Crippen LogP contribution in [0.25, 0.3) is 0 Å². The molecule has 0 aromatic heterocycles. The highest BCUT2D eigenvalue weighted by Crippen LogP contribution is 2.30. The van der Waals surface area contributed by atoms with Crippen molar-refractivity contribution in [3.63, 3.8) is 0 Å². The van der Waals surface area contributed by atoms with Gasteiger partial charge in [-0.2, -0.15) is 0 Å². The first-order valence-electron chi connectivity index (χ1n) is 4.80. The Bertz CT molecular complexity index is 142. The van der Waals surface area contributed by atoms with E-state index in [0.29, 0.717) is 11.5 Å². The lowest BCUT2D eigenvalue weighted by Crippen LogP contribution is -2.57. The molecular formula is C10H22N2. The van der Waals surface area contributed by atoms with E-state index in [9.17, 15) is 0 Å². The molecule has 2 heteroatoms. The fourth-order valence-corrected chi connectivity index (χ4v) is 2.44. The maximum atomic E-state index is 3.34. The van der Waals surface area contributed by atoms with Crippen LogP contribution in [0.1, 0.15) is 20.8 Å². The Morgan fingerprint density at radius 3 is 1.83 bits per heavy atom. The molecule has 1 rings (SSSR count). The molecule has 1 unspecified atom stereocenters. The molecule has 0 aromatic carbocycles. The van der Waals surface area contributed by atoms with E-state index in [2.05, 4.69) is 45.1 Å². The Morgan fingerprint density at radius 1 is 1.25 bits per heavy atom. The summed E-state index contributed by atoms with van der Waals surface area (Å²) in [4.78, 5) is 2.37. The highest BCUT2D eigenvalue weighted by atomic mass is 15.1. The van der Waals surface area contributed by atoms with Gasteiger partial charge in [-0.1, -0.05) is 20.8 Å². The molecule has 2 nitrogen and oxygen atoms in total. The van der Waals surface area contributed by atoms with Gasteiger partial charge in [-0.3, -0.25) is 0 Å². The van der Waals surface area contributed by atoms with Crippen molar-refractivity contribution in [2.45, 2.75) is 26.8 Å². The zero-order chi connectivity index (χ0) is 9.35. The molecule has 0 aliphatic carbocycles.